The number of nitrogen functional groups attached to an aromatic ring is 1. The van der Waals surface area contributed by atoms with Gasteiger partial charge in [-0.05, 0) is 37.1 Å². The van der Waals surface area contributed by atoms with E-state index in [9.17, 15) is 4.79 Å². The highest BCUT2D eigenvalue weighted by Gasteiger charge is 2.20. The Kier molecular flexibility index (Phi) is 7.03. The lowest BCUT2D eigenvalue weighted by Gasteiger charge is -2.30. The van der Waals surface area contributed by atoms with Crippen LogP contribution in [0, 0.1) is 0 Å². The molecule has 1 aliphatic rings. The molecule has 0 atom stereocenters. The lowest BCUT2D eigenvalue weighted by molar-refractivity contribution is 0.0988. The van der Waals surface area contributed by atoms with E-state index in [1.54, 1.807) is 18.6 Å². The number of Topliss-reactive ketones (excluding diaryl/α,β-unsaturated/α-hetero) is 1. The first kappa shape index (κ1) is 21.9. The Morgan fingerprint density at radius 2 is 2.00 bits per heavy atom. The minimum absolute atomic E-state index is 0.134. The van der Waals surface area contributed by atoms with Gasteiger partial charge in [0.05, 0.1) is 25.1 Å². The average Bonchev–Trinajstić information content (AvgIpc) is 2.84. The van der Waals surface area contributed by atoms with Gasteiger partial charge in [0.1, 0.15) is 5.69 Å². The Balaban J connectivity index is 1.58. The summed E-state index contributed by atoms with van der Waals surface area (Å²) in [5.74, 6) is -0.0477. The summed E-state index contributed by atoms with van der Waals surface area (Å²) in [5, 5.41) is 0. The number of benzene rings is 1. The van der Waals surface area contributed by atoms with Crippen molar-refractivity contribution in [3.8, 4) is 11.3 Å². The molecular formula is C24H28N6O2. The number of hydrogen-bond donors (Lipinski definition) is 2. The lowest BCUT2D eigenvalue weighted by atomic mass is 10.0. The third-order valence-electron chi connectivity index (χ3n) is 5.54. The highest BCUT2D eigenvalue weighted by Crippen LogP contribution is 2.24. The van der Waals surface area contributed by atoms with Gasteiger partial charge in [-0.25, -0.2) is 9.97 Å². The minimum atomic E-state index is -0.182. The van der Waals surface area contributed by atoms with Crippen LogP contribution in [0.3, 0.4) is 0 Å². The SMILES string of the molecule is NCCCc1cccc(-c2cnc(N)c(C(=O)Cc3cnccc3N3CCOCC3)n2)c1. The van der Waals surface area contributed by atoms with Gasteiger partial charge in [-0.15, -0.1) is 0 Å². The standard InChI is InChI=1S/C24H28N6O2/c25-7-2-4-17-3-1-5-18(13-17)20-16-28-24(26)23(29-20)22(31)14-19-15-27-8-6-21(19)30-9-11-32-12-10-30/h1,3,5-6,8,13,15-16H,2,4,7,9-12,14,25H2,(H2,26,28). The summed E-state index contributed by atoms with van der Waals surface area (Å²) >= 11 is 0. The average molecular weight is 433 g/mol. The van der Waals surface area contributed by atoms with Gasteiger partial charge >= 0.3 is 0 Å². The van der Waals surface area contributed by atoms with E-state index >= 15 is 0 Å². The largest absolute Gasteiger partial charge is 0.382 e. The van der Waals surface area contributed by atoms with Crippen LogP contribution >= 0.6 is 0 Å². The number of pyridine rings is 1. The third kappa shape index (κ3) is 5.09. The Morgan fingerprint density at radius 3 is 2.81 bits per heavy atom. The first-order valence-electron chi connectivity index (χ1n) is 10.9. The molecule has 3 aromatic rings. The maximum atomic E-state index is 13.2. The molecule has 2 aromatic heterocycles. The molecule has 4 N–H and O–H groups in total. The van der Waals surface area contributed by atoms with Crippen molar-refractivity contribution in [3.63, 3.8) is 0 Å². The van der Waals surface area contributed by atoms with Crippen molar-refractivity contribution in [2.24, 2.45) is 5.73 Å². The van der Waals surface area contributed by atoms with E-state index < -0.39 is 0 Å². The molecule has 0 radical (unpaired) electrons. The zero-order valence-electron chi connectivity index (χ0n) is 18.0. The Hall–Kier alpha value is -3.36. The summed E-state index contributed by atoms with van der Waals surface area (Å²) in [6.07, 6.45) is 7.04. The number of ketones is 1. The number of carbonyl (C=O) groups excluding carboxylic acids is 1. The fourth-order valence-corrected chi connectivity index (χ4v) is 3.86. The molecule has 3 heterocycles. The maximum Gasteiger partial charge on any atom is 0.189 e. The number of morpholine rings is 1. The molecule has 0 unspecified atom stereocenters. The number of aromatic nitrogens is 3. The van der Waals surface area contributed by atoms with Crippen molar-refractivity contribution in [1.82, 2.24) is 15.0 Å². The molecule has 0 spiro atoms. The number of carbonyl (C=O) groups is 1. The van der Waals surface area contributed by atoms with Crippen molar-refractivity contribution < 1.29 is 9.53 Å². The van der Waals surface area contributed by atoms with Gasteiger partial charge < -0.3 is 21.1 Å². The summed E-state index contributed by atoms with van der Waals surface area (Å²) < 4.78 is 5.45. The molecule has 0 saturated carbocycles. The zero-order chi connectivity index (χ0) is 22.3. The minimum Gasteiger partial charge on any atom is -0.382 e. The maximum absolute atomic E-state index is 13.2. The molecular weight excluding hydrogens is 404 g/mol. The van der Waals surface area contributed by atoms with Crippen LogP contribution in [-0.2, 0) is 17.6 Å². The molecule has 8 heteroatoms. The second kappa shape index (κ2) is 10.3. The fraction of sp³-hybridized carbons (Fsp3) is 0.333. The van der Waals surface area contributed by atoms with E-state index in [0.29, 0.717) is 25.5 Å². The summed E-state index contributed by atoms with van der Waals surface area (Å²) in [6, 6.07) is 9.99. The normalized spacial score (nSPS) is 13.8. The number of rotatable bonds is 8. The second-order valence-corrected chi connectivity index (χ2v) is 7.79. The molecule has 1 fully saturated rings. The first-order valence-corrected chi connectivity index (χ1v) is 10.9. The Morgan fingerprint density at radius 1 is 1.16 bits per heavy atom. The highest BCUT2D eigenvalue weighted by atomic mass is 16.5. The van der Waals surface area contributed by atoms with E-state index in [-0.39, 0.29) is 23.7 Å². The molecule has 1 aliphatic heterocycles. The van der Waals surface area contributed by atoms with Crippen molar-refractivity contribution >= 4 is 17.3 Å². The fourth-order valence-electron chi connectivity index (χ4n) is 3.86. The molecule has 4 rings (SSSR count). The molecule has 1 saturated heterocycles. The van der Waals surface area contributed by atoms with Gasteiger partial charge in [0.25, 0.3) is 0 Å². The number of anilines is 2. The van der Waals surface area contributed by atoms with Crippen LogP contribution < -0.4 is 16.4 Å². The summed E-state index contributed by atoms with van der Waals surface area (Å²) in [4.78, 5) is 28.5. The van der Waals surface area contributed by atoms with Gasteiger partial charge in [-0.2, -0.15) is 0 Å². The third-order valence-corrected chi connectivity index (χ3v) is 5.54. The van der Waals surface area contributed by atoms with Crippen LogP contribution in [0.25, 0.3) is 11.3 Å². The van der Waals surface area contributed by atoms with Gasteiger partial charge in [0, 0.05) is 48.7 Å². The van der Waals surface area contributed by atoms with E-state index in [2.05, 4.69) is 32.0 Å². The van der Waals surface area contributed by atoms with E-state index in [1.165, 1.54) is 5.56 Å². The van der Waals surface area contributed by atoms with E-state index in [1.807, 2.05) is 18.2 Å². The Labute approximate surface area is 187 Å². The summed E-state index contributed by atoms with van der Waals surface area (Å²) in [6.45, 7) is 3.54. The van der Waals surface area contributed by atoms with Crippen molar-refractivity contribution in [3.05, 3.63) is 65.7 Å². The van der Waals surface area contributed by atoms with Gasteiger partial charge in [0.2, 0.25) is 0 Å². The summed E-state index contributed by atoms with van der Waals surface area (Å²) in [5.41, 5.74) is 16.4. The molecule has 0 aliphatic carbocycles. The van der Waals surface area contributed by atoms with E-state index in [4.69, 9.17) is 16.2 Å². The van der Waals surface area contributed by atoms with Crippen LogP contribution in [0.5, 0.6) is 0 Å². The molecule has 8 nitrogen and oxygen atoms in total. The highest BCUT2D eigenvalue weighted by molar-refractivity contribution is 6.00. The lowest BCUT2D eigenvalue weighted by Crippen LogP contribution is -2.37. The topological polar surface area (TPSA) is 120 Å². The van der Waals surface area contributed by atoms with Crippen LogP contribution in [-0.4, -0.2) is 53.6 Å². The number of aryl methyl sites for hydroxylation is 1. The smallest absolute Gasteiger partial charge is 0.189 e. The van der Waals surface area contributed by atoms with Crippen LogP contribution in [0.4, 0.5) is 11.5 Å². The number of ether oxygens (including phenoxy) is 1. The summed E-state index contributed by atoms with van der Waals surface area (Å²) in [7, 11) is 0. The number of nitrogens with two attached hydrogens (primary N) is 2. The van der Waals surface area contributed by atoms with E-state index in [0.717, 1.165) is 42.7 Å². The molecule has 1 aromatic carbocycles. The predicted octanol–water partition coefficient (Wildman–Crippen LogP) is 2.27. The van der Waals surface area contributed by atoms with Crippen molar-refractivity contribution in [1.29, 1.82) is 0 Å². The van der Waals surface area contributed by atoms with Gasteiger partial charge in [0.15, 0.2) is 11.6 Å². The number of nitrogens with zero attached hydrogens (tertiary/aromatic N) is 4. The zero-order valence-corrected chi connectivity index (χ0v) is 18.0. The number of hydrogen-bond acceptors (Lipinski definition) is 8. The van der Waals surface area contributed by atoms with Gasteiger partial charge in [-0.3, -0.25) is 9.78 Å². The molecule has 0 bridgehead atoms. The molecule has 32 heavy (non-hydrogen) atoms. The van der Waals surface area contributed by atoms with Gasteiger partial charge in [-0.1, -0.05) is 18.2 Å². The van der Waals surface area contributed by atoms with Crippen LogP contribution in [0.2, 0.25) is 0 Å². The molecule has 166 valence electrons. The van der Waals surface area contributed by atoms with Crippen LogP contribution in [0.1, 0.15) is 28.0 Å². The Bertz CT molecular complexity index is 1080. The second-order valence-electron chi connectivity index (χ2n) is 7.79. The first-order chi connectivity index (χ1) is 15.7. The van der Waals surface area contributed by atoms with Crippen molar-refractivity contribution in [2.45, 2.75) is 19.3 Å². The van der Waals surface area contributed by atoms with Crippen molar-refractivity contribution in [2.75, 3.05) is 43.5 Å². The predicted molar refractivity (Wildman–Crippen MR) is 125 cm³/mol. The quantitative estimate of drug-likeness (QED) is 0.520. The monoisotopic (exact) mass is 432 g/mol. The molecule has 0 amide bonds. The van der Waals surface area contributed by atoms with Crippen LogP contribution in [0.15, 0.2) is 48.9 Å².